The summed E-state index contributed by atoms with van der Waals surface area (Å²) in [5, 5.41) is 0. The van der Waals surface area contributed by atoms with E-state index >= 15 is 0 Å². The van der Waals surface area contributed by atoms with E-state index in [0.717, 1.165) is 29.9 Å². The van der Waals surface area contributed by atoms with Crippen molar-refractivity contribution in [1.29, 1.82) is 0 Å². The Morgan fingerprint density at radius 2 is 2.04 bits per heavy atom. The van der Waals surface area contributed by atoms with Gasteiger partial charge < -0.3 is 14.2 Å². The van der Waals surface area contributed by atoms with E-state index in [2.05, 4.69) is 6.07 Å². The number of esters is 1. The van der Waals surface area contributed by atoms with Crippen molar-refractivity contribution in [2.24, 2.45) is 11.8 Å². The molecular formula is C17H18Cl2O4. The van der Waals surface area contributed by atoms with E-state index in [0.29, 0.717) is 30.8 Å². The van der Waals surface area contributed by atoms with Crippen molar-refractivity contribution in [1.82, 2.24) is 0 Å². The van der Waals surface area contributed by atoms with Gasteiger partial charge in [0.1, 0.15) is 4.33 Å². The Kier molecular flexibility index (Phi) is 3.65. The number of hydrogen-bond acceptors (Lipinski definition) is 4. The summed E-state index contributed by atoms with van der Waals surface area (Å²) in [5.74, 6) is 2.28. The lowest BCUT2D eigenvalue weighted by molar-refractivity contribution is -0.140. The minimum absolute atomic E-state index is 0.244. The second-order valence-corrected chi connectivity index (χ2v) is 7.93. The first-order valence-electron chi connectivity index (χ1n) is 7.92. The van der Waals surface area contributed by atoms with E-state index < -0.39 is 4.33 Å². The lowest BCUT2D eigenvalue weighted by atomic mass is 9.88. The molecule has 2 fully saturated rings. The van der Waals surface area contributed by atoms with E-state index in [-0.39, 0.29) is 12.8 Å². The Labute approximate surface area is 145 Å². The van der Waals surface area contributed by atoms with Crippen LogP contribution in [0.2, 0.25) is 0 Å². The minimum atomic E-state index is -0.591. The third-order valence-corrected chi connectivity index (χ3v) is 6.26. The van der Waals surface area contributed by atoms with E-state index in [4.69, 9.17) is 37.4 Å². The van der Waals surface area contributed by atoms with Crippen LogP contribution in [-0.2, 0) is 16.0 Å². The van der Waals surface area contributed by atoms with Crippen LogP contribution in [0.3, 0.4) is 0 Å². The Morgan fingerprint density at radius 3 is 2.70 bits per heavy atom. The van der Waals surface area contributed by atoms with E-state index in [1.165, 1.54) is 12.5 Å². The molecule has 0 radical (unpaired) electrons. The predicted molar refractivity (Wildman–Crippen MR) is 86.3 cm³/mol. The van der Waals surface area contributed by atoms with Crippen LogP contribution in [0.15, 0.2) is 12.1 Å². The molecule has 1 aromatic carbocycles. The van der Waals surface area contributed by atoms with Crippen LogP contribution in [0.5, 0.6) is 11.5 Å². The molecular weight excluding hydrogens is 339 g/mol. The zero-order chi connectivity index (χ0) is 16.2. The molecule has 0 aromatic heterocycles. The van der Waals surface area contributed by atoms with Crippen molar-refractivity contribution in [2.45, 2.75) is 36.4 Å². The maximum absolute atomic E-state index is 11.0. The first-order chi connectivity index (χ1) is 11.0. The Bertz CT molecular complexity index is 658. The highest BCUT2D eigenvalue weighted by Crippen LogP contribution is 2.72. The van der Waals surface area contributed by atoms with Crippen molar-refractivity contribution in [3.8, 4) is 11.5 Å². The highest BCUT2D eigenvalue weighted by atomic mass is 35.5. The molecule has 124 valence electrons. The van der Waals surface area contributed by atoms with E-state index in [1.54, 1.807) is 0 Å². The number of halogens is 2. The van der Waals surface area contributed by atoms with Gasteiger partial charge in [0, 0.05) is 19.3 Å². The molecule has 3 unspecified atom stereocenters. The topological polar surface area (TPSA) is 44.8 Å². The summed E-state index contributed by atoms with van der Waals surface area (Å²) in [6.45, 7) is 2.02. The van der Waals surface area contributed by atoms with Gasteiger partial charge in [-0.25, -0.2) is 0 Å². The first-order valence-corrected chi connectivity index (χ1v) is 8.67. The molecule has 3 aliphatic rings. The highest BCUT2D eigenvalue weighted by Gasteiger charge is 2.68. The van der Waals surface area contributed by atoms with Crippen molar-refractivity contribution in [3.63, 3.8) is 0 Å². The number of benzene rings is 1. The molecule has 0 spiro atoms. The summed E-state index contributed by atoms with van der Waals surface area (Å²) in [6.07, 6.45) is 2.79. The van der Waals surface area contributed by atoms with Gasteiger partial charge in [0.05, 0.1) is 6.61 Å². The van der Waals surface area contributed by atoms with Gasteiger partial charge in [-0.1, -0.05) is 0 Å². The zero-order valence-corrected chi connectivity index (χ0v) is 14.3. The molecule has 3 atom stereocenters. The molecule has 0 bridgehead atoms. The largest absolute Gasteiger partial charge is 0.466 e. The number of rotatable bonds is 4. The highest BCUT2D eigenvalue weighted by molar-refractivity contribution is 6.51. The quantitative estimate of drug-likeness (QED) is 0.607. The fourth-order valence-corrected chi connectivity index (χ4v) is 5.06. The molecule has 2 aliphatic carbocycles. The molecule has 0 N–H and O–H groups in total. The standard InChI is InChI=1S/C17H18Cl2O4/c1-9(20)21-5-4-10-6-14-15(23-8-22-14)7-12(10)11-2-3-13-16(11)17(13,18)19/h6-7,11,13,16H,2-5,8H2,1H3. The maximum atomic E-state index is 11.0. The summed E-state index contributed by atoms with van der Waals surface area (Å²) in [5.41, 5.74) is 2.33. The van der Waals surface area contributed by atoms with Crippen LogP contribution >= 0.6 is 23.2 Å². The SMILES string of the molecule is CC(=O)OCCc1cc2c(cc1C1CCC3C1C3(Cl)Cl)OCO2. The molecule has 2 saturated carbocycles. The fraction of sp³-hybridized carbons (Fsp3) is 0.588. The Morgan fingerprint density at radius 1 is 1.30 bits per heavy atom. The summed E-state index contributed by atoms with van der Waals surface area (Å²) >= 11 is 12.8. The summed E-state index contributed by atoms with van der Waals surface area (Å²) in [6, 6.07) is 4.06. The van der Waals surface area contributed by atoms with Crippen LogP contribution in [0.4, 0.5) is 0 Å². The summed E-state index contributed by atoms with van der Waals surface area (Å²) in [7, 11) is 0. The predicted octanol–water partition coefficient (Wildman–Crippen LogP) is 3.82. The van der Waals surface area contributed by atoms with Gasteiger partial charge in [0.25, 0.3) is 0 Å². The van der Waals surface area contributed by atoms with Gasteiger partial charge in [-0.3, -0.25) is 4.79 Å². The smallest absolute Gasteiger partial charge is 0.302 e. The number of hydrogen-bond donors (Lipinski definition) is 0. The Balaban J connectivity index is 1.63. The molecule has 0 amide bonds. The van der Waals surface area contributed by atoms with Crippen molar-refractivity contribution >= 4 is 29.2 Å². The van der Waals surface area contributed by atoms with Gasteiger partial charge in [0.15, 0.2) is 11.5 Å². The molecule has 1 aromatic rings. The third kappa shape index (κ3) is 2.56. The third-order valence-electron chi connectivity index (χ3n) is 5.20. The summed E-state index contributed by atoms with van der Waals surface area (Å²) in [4.78, 5) is 11.0. The minimum Gasteiger partial charge on any atom is -0.466 e. The number of ether oxygens (including phenoxy) is 3. The normalized spacial score (nSPS) is 29.3. The maximum Gasteiger partial charge on any atom is 0.302 e. The van der Waals surface area contributed by atoms with Gasteiger partial charge >= 0.3 is 5.97 Å². The van der Waals surface area contributed by atoms with Crippen LogP contribution in [0.1, 0.15) is 36.8 Å². The van der Waals surface area contributed by atoms with Crippen LogP contribution in [-0.4, -0.2) is 23.7 Å². The van der Waals surface area contributed by atoms with Gasteiger partial charge in [-0.15, -0.1) is 23.2 Å². The number of carbonyl (C=O) groups is 1. The van der Waals surface area contributed by atoms with Gasteiger partial charge in [-0.2, -0.15) is 0 Å². The lowest BCUT2D eigenvalue weighted by Gasteiger charge is -2.20. The van der Waals surface area contributed by atoms with E-state index in [9.17, 15) is 4.79 Å². The van der Waals surface area contributed by atoms with Gasteiger partial charge in [0.2, 0.25) is 6.79 Å². The molecule has 4 rings (SSSR count). The average molecular weight is 357 g/mol. The second-order valence-electron chi connectivity index (χ2n) is 6.48. The van der Waals surface area contributed by atoms with Crippen LogP contribution < -0.4 is 9.47 Å². The number of fused-ring (bicyclic) bond motifs is 2. The molecule has 4 nitrogen and oxygen atoms in total. The van der Waals surface area contributed by atoms with Crippen molar-refractivity contribution in [3.05, 3.63) is 23.3 Å². The molecule has 23 heavy (non-hydrogen) atoms. The summed E-state index contributed by atoms with van der Waals surface area (Å²) < 4.78 is 15.5. The van der Waals surface area contributed by atoms with E-state index in [1.807, 2.05) is 6.07 Å². The van der Waals surface area contributed by atoms with Gasteiger partial charge in [-0.05, 0) is 47.9 Å². The van der Waals surface area contributed by atoms with Crippen LogP contribution in [0, 0.1) is 11.8 Å². The van der Waals surface area contributed by atoms with Crippen molar-refractivity contribution in [2.75, 3.05) is 13.4 Å². The lowest BCUT2D eigenvalue weighted by Crippen LogP contribution is -2.11. The first kappa shape index (κ1) is 15.4. The number of alkyl halides is 2. The zero-order valence-electron chi connectivity index (χ0n) is 12.8. The van der Waals surface area contributed by atoms with Crippen LogP contribution in [0.25, 0.3) is 0 Å². The molecule has 1 aliphatic heterocycles. The number of carbonyl (C=O) groups excluding carboxylic acids is 1. The molecule has 0 saturated heterocycles. The average Bonchev–Trinajstić information content (AvgIpc) is 2.94. The Hall–Kier alpha value is -1.13. The molecule has 6 heteroatoms. The fourth-order valence-electron chi connectivity index (χ4n) is 4.09. The molecule has 1 heterocycles. The second kappa shape index (κ2) is 5.45. The van der Waals surface area contributed by atoms with Crippen molar-refractivity contribution < 1.29 is 19.0 Å². The monoisotopic (exact) mass is 356 g/mol.